The van der Waals surface area contributed by atoms with E-state index in [4.69, 9.17) is 20.3 Å². The van der Waals surface area contributed by atoms with Crippen LogP contribution in [0.25, 0.3) is 11.0 Å². The minimum Gasteiger partial charge on any atom is -0.493 e. The largest absolute Gasteiger partial charge is 0.493 e. The van der Waals surface area contributed by atoms with Crippen molar-refractivity contribution in [3.8, 4) is 23.8 Å². The summed E-state index contributed by atoms with van der Waals surface area (Å²) in [6, 6.07) is 13.4. The first-order valence-corrected chi connectivity index (χ1v) is 8.65. The van der Waals surface area contributed by atoms with Gasteiger partial charge in [0.05, 0.1) is 13.4 Å². The van der Waals surface area contributed by atoms with E-state index in [2.05, 4.69) is 11.2 Å². The number of hydrogen-bond acceptors (Lipinski definition) is 4. The Morgan fingerprint density at radius 1 is 1.15 bits per heavy atom. The highest BCUT2D eigenvalue weighted by Gasteiger charge is 2.08. The van der Waals surface area contributed by atoms with E-state index in [1.165, 1.54) is 0 Å². The lowest BCUT2D eigenvalue weighted by atomic mass is 10.1. The first-order valence-electron chi connectivity index (χ1n) is 8.65. The zero-order valence-electron chi connectivity index (χ0n) is 15.2. The SMILES string of the molecule is C#CCOc1ccc(CCC(=O)NCc2ccc3occc3c2)cc1OC. The van der Waals surface area contributed by atoms with E-state index in [1.54, 1.807) is 13.4 Å². The Bertz CT molecular complexity index is 968. The van der Waals surface area contributed by atoms with Crippen molar-refractivity contribution < 1.29 is 18.7 Å². The Hall–Kier alpha value is -3.39. The zero-order valence-corrected chi connectivity index (χ0v) is 15.2. The predicted molar refractivity (Wildman–Crippen MR) is 104 cm³/mol. The number of rotatable bonds is 8. The fraction of sp³-hybridized carbons (Fsp3) is 0.227. The molecule has 5 heteroatoms. The molecular weight excluding hydrogens is 342 g/mol. The van der Waals surface area contributed by atoms with Crippen molar-refractivity contribution in [2.24, 2.45) is 0 Å². The zero-order chi connectivity index (χ0) is 19.1. The number of benzene rings is 2. The summed E-state index contributed by atoms with van der Waals surface area (Å²) >= 11 is 0. The molecule has 1 heterocycles. The van der Waals surface area contributed by atoms with E-state index in [0.29, 0.717) is 30.9 Å². The van der Waals surface area contributed by atoms with E-state index in [-0.39, 0.29) is 12.5 Å². The first-order chi connectivity index (χ1) is 13.2. The third kappa shape index (κ3) is 4.83. The molecule has 0 radical (unpaired) electrons. The van der Waals surface area contributed by atoms with Crippen LogP contribution >= 0.6 is 0 Å². The Balaban J connectivity index is 1.51. The Morgan fingerprint density at radius 2 is 2.00 bits per heavy atom. The summed E-state index contributed by atoms with van der Waals surface area (Å²) in [5.41, 5.74) is 2.87. The van der Waals surface area contributed by atoms with E-state index in [9.17, 15) is 4.79 Å². The second kappa shape index (κ2) is 8.81. The van der Waals surface area contributed by atoms with Gasteiger partial charge in [-0.15, -0.1) is 6.42 Å². The van der Waals surface area contributed by atoms with Gasteiger partial charge in [0.15, 0.2) is 11.5 Å². The molecule has 0 unspecified atom stereocenters. The highest BCUT2D eigenvalue weighted by molar-refractivity contribution is 5.78. The van der Waals surface area contributed by atoms with Crippen molar-refractivity contribution in [2.75, 3.05) is 13.7 Å². The van der Waals surface area contributed by atoms with Crippen LogP contribution in [0, 0.1) is 12.3 Å². The average molecular weight is 363 g/mol. The number of carbonyl (C=O) groups is 1. The molecule has 0 spiro atoms. The number of furan rings is 1. The number of ether oxygens (including phenoxy) is 2. The van der Waals surface area contributed by atoms with Gasteiger partial charge in [0.1, 0.15) is 12.2 Å². The molecule has 3 aromatic rings. The molecule has 0 aliphatic rings. The Kier molecular flexibility index (Phi) is 6.01. The van der Waals surface area contributed by atoms with Crippen LogP contribution in [0.4, 0.5) is 0 Å². The quantitative estimate of drug-likeness (QED) is 0.620. The van der Waals surface area contributed by atoms with Gasteiger partial charge in [-0.3, -0.25) is 4.79 Å². The van der Waals surface area contributed by atoms with E-state index >= 15 is 0 Å². The lowest BCUT2D eigenvalue weighted by Crippen LogP contribution is -2.22. The molecule has 1 N–H and O–H groups in total. The van der Waals surface area contributed by atoms with Crippen molar-refractivity contribution in [3.05, 3.63) is 59.9 Å². The number of methoxy groups -OCH3 is 1. The standard InChI is InChI=1S/C22H21NO4/c1-3-11-26-20-8-4-16(14-21(20)25-2)6-9-22(24)23-15-17-5-7-19-18(13-17)10-12-27-19/h1,4-5,7-8,10,12-14H,6,9,11,15H2,2H3,(H,23,24). The maximum Gasteiger partial charge on any atom is 0.220 e. The molecule has 1 aromatic heterocycles. The summed E-state index contributed by atoms with van der Waals surface area (Å²) in [7, 11) is 1.57. The smallest absolute Gasteiger partial charge is 0.220 e. The lowest BCUT2D eigenvalue weighted by Gasteiger charge is -2.11. The summed E-state index contributed by atoms with van der Waals surface area (Å²) in [5.74, 6) is 3.62. The second-order valence-electron chi connectivity index (χ2n) is 6.05. The number of hydrogen-bond donors (Lipinski definition) is 1. The maximum atomic E-state index is 12.2. The molecule has 1 amide bonds. The molecule has 0 aliphatic carbocycles. The summed E-state index contributed by atoms with van der Waals surface area (Å²) in [6.07, 6.45) is 7.86. The molecule has 0 saturated heterocycles. The van der Waals surface area contributed by atoms with E-state index < -0.39 is 0 Å². The molecule has 3 rings (SSSR count). The van der Waals surface area contributed by atoms with Gasteiger partial charge in [0.25, 0.3) is 0 Å². The molecule has 5 nitrogen and oxygen atoms in total. The molecular formula is C22H21NO4. The van der Waals surface area contributed by atoms with Gasteiger partial charge in [-0.1, -0.05) is 18.1 Å². The first kappa shape index (κ1) is 18.4. The van der Waals surface area contributed by atoms with Crippen LogP contribution in [0.15, 0.2) is 53.1 Å². The van der Waals surface area contributed by atoms with Crippen molar-refractivity contribution in [3.63, 3.8) is 0 Å². The fourth-order valence-corrected chi connectivity index (χ4v) is 2.78. The number of fused-ring (bicyclic) bond motifs is 1. The molecule has 0 bridgehead atoms. The van der Waals surface area contributed by atoms with Crippen molar-refractivity contribution in [2.45, 2.75) is 19.4 Å². The van der Waals surface area contributed by atoms with Crippen LogP contribution < -0.4 is 14.8 Å². The van der Waals surface area contributed by atoms with Crippen LogP contribution in [-0.2, 0) is 17.8 Å². The topological polar surface area (TPSA) is 60.7 Å². The van der Waals surface area contributed by atoms with Crippen molar-refractivity contribution >= 4 is 16.9 Å². The predicted octanol–water partition coefficient (Wildman–Crippen LogP) is 3.70. The van der Waals surface area contributed by atoms with Gasteiger partial charge in [-0.25, -0.2) is 0 Å². The van der Waals surface area contributed by atoms with Crippen LogP contribution in [0.3, 0.4) is 0 Å². The van der Waals surface area contributed by atoms with Crippen molar-refractivity contribution in [1.82, 2.24) is 5.32 Å². The van der Waals surface area contributed by atoms with Crippen LogP contribution in [0.2, 0.25) is 0 Å². The van der Waals surface area contributed by atoms with Crippen LogP contribution in [0.5, 0.6) is 11.5 Å². The summed E-state index contributed by atoms with van der Waals surface area (Å²) in [6.45, 7) is 0.671. The molecule has 2 aromatic carbocycles. The Labute approximate surface area is 158 Å². The van der Waals surface area contributed by atoms with Crippen LogP contribution in [-0.4, -0.2) is 19.6 Å². The summed E-state index contributed by atoms with van der Waals surface area (Å²) in [4.78, 5) is 12.2. The van der Waals surface area contributed by atoms with Gasteiger partial charge < -0.3 is 19.2 Å². The minimum atomic E-state index is -0.00563. The monoisotopic (exact) mass is 363 g/mol. The van der Waals surface area contributed by atoms with Gasteiger partial charge in [0, 0.05) is 18.4 Å². The second-order valence-corrected chi connectivity index (χ2v) is 6.05. The van der Waals surface area contributed by atoms with Gasteiger partial charge in [0.2, 0.25) is 5.91 Å². The molecule has 0 atom stereocenters. The molecule has 0 saturated carbocycles. The van der Waals surface area contributed by atoms with Crippen molar-refractivity contribution in [1.29, 1.82) is 0 Å². The minimum absolute atomic E-state index is 0.00563. The molecule has 27 heavy (non-hydrogen) atoms. The summed E-state index contributed by atoms with van der Waals surface area (Å²) < 4.78 is 16.1. The number of terminal acetylenes is 1. The number of aryl methyl sites for hydroxylation is 1. The average Bonchev–Trinajstić information content (AvgIpc) is 3.17. The number of nitrogens with one attached hydrogen (secondary N) is 1. The maximum absolute atomic E-state index is 12.2. The molecule has 0 fully saturated rings. The highest BCUT2D eigenvalue weighted by Crippen LogP contribution is 2.28. The van der Waals surface area contributed by atoms with Gasteiger partial charge in [-0.05, 0) is 47.9 Å². The van der Waals surface area contributed by atoms with E-state index in [0.717, 1.165) is 22.1 Å². The van der Waals surface area contributed by atoms with Gasteiger partial charge >= 0.3 is 0 Å². The molecule has 0 aliphatic heterocycles. The lowest BCUT2D eigenvalue weighted by molar-refractivity contribution is -0.121. The molecule has 138 valence electrons. The fourth-order valence-electron chi connectivity index (χ4n) is 2.78. The Morgan fingerprint density at radius 3 is 2.81 bits per heavy atom. The number of carbonyl (C=O) groups excluding carboxylic acids is 1. The number of amides is 1. The van der Waals surface area contributed by atoms with Gasteiger partial charge in [-0.2, -0.15) is 0 Å². The third-order valence-electron chi connectivity index (χ3n) is 4.19. The summed E-state index contributed by atoms with van der Waals surface area (Å²) in [5, 5.41) is 3.98. The highest BCUT2D eigenvalue weighted by atomic mass is 16.5. The van der Waals surface area contributed by atoms with E-state index in [1.807, 2.05) is 42.5 Å². The normalized spacial score (nSPS) is 10.4. The third-order valence-corrected chi connectivity index (χ3v) is 4.19. The van der Waals surface area contributed by atoms with Crippen LogP contribution in [0.1, 0.15) is 17.5 Å².